The average molecular weight is 396 g/mol. The van der Waals surface area contributed by atoms with Crippen molar-refractivity contribution in [3.05, 3.63) is 46.5 Å². The van der Waals surface area contributed by atoms with E-state index < -0.39 is 17.7 Å². The number of nitrogen functional groups attached to an aromatic ring is 1. The van der Waals surface area contributed by atoms with E-state index in [4.69, 9.17) is 5.73 Å². The number of alkyl halides is 3. The van der Waals surface area contributed by atoms with Crippen molar-refractivity contribution in [2.75, 3.05) is 19.4 Å². The van der Waals surface area contributed by atoms with Crippen LogP contribution >= 0.6 is 23.7 Å². The molecule has 0 aliphatic heterocycles. The first-order valence-electron chi connectivity index (χ1n) is 6.93. The number of anilines is 1. The molecule has 0 unspecified atom stereocenters. The first-order valence-corrected chi connectivity index (χ1v) is 7.75. The summed E-state index contributed by atoms with van der Waals surface area (Å²) in [6.45, 7) is 0.700. The SMILES string of the molecule is COC(=O)CN(Cc1ccc(C(F)(F)F)cc1)Cc1cnc(N)s1.Cl. The van der Waals surface area contributed by atoms with Crippen molar-refractivity contribution in [3.8, 4) is 0 Å². The van der Waals surface area contributed by atoms with Crippen molar-refractivity contribution >= 4 is 34.8 Å². The number of rotatable bonds is 6. The molecular weight excluding hydrogens is 379 g/mol. The van der Waals surface area contributed by atoms with Gasteiger partial charge in [0, 0.05) is 24.2 Å². The first kappa shape index (κ1) is 21.2. The lowest BCUT2D eigenvalue weighted by Crippen LogP contribution is -2.29. The van der Waals surface area contributed by atoms with Gasteiger partial charge in [-0.3, -0.25) is 9.69 Å². The van der Waals surface area contributed by atoms with Crippen LogP contribution in [0.5, 0.6) is 0 Å². The molecule has 5 nitrogen and oxygen atoms in total. The van der Waals surface area contributed by atoms with Gasteiger partial charge in [-0.15, -0.1) is 23.7 Å². The Hall–Kier alpha value is -1.84. The Labute approximate surface area is 153 Å². The predicted molar refractivity (Wildman–Crippen MR) is 91.3 cm³/mol. The van der Waals surface area contributed by atoms with Crippen LogP contribution in [-0.4, -0.2) is 29.5 Å². The van der Waals surface area contributed by atoms with Crippen LogP contribution in [0.3, 0.4) is 0 Å². The summed E-state index contributed by atoms with van der Waals surface area (Å²) in [7, 11) is 1.28. The van der Waals surface area contributed by atoms with Gasteiger partial charge in [0.2, 0.25) is 0 Å². The summed E-state index contributed by atoms with van der Waals surface area (Å²) >= 11 is 1.29. The molecule has 0 aliphatic carbocycles. The summed E-state index contributed by atoms with van der Waals surface area (Å²) in [6, 6.07) is 4.84. The fourth-order valence-electron chi connectivity index (χ4n) is 2.09. The van der Waals surface area contributed by atoms with E-state index in [0.717, 1.165) is 17.0 Å². The second-order valence-corrected chi connectivity index (χ2v) is 6.23. The van der Waals surface area contributed by atoms with E-state index in [9.17, 15) is 18.0 Å². The topological polar surface area (TPSA) is 68.5 Å². The van der Waals surface area contributed by atoms with Gasteiger partial charge in [-0.2, -0.15) is 13.2 Å². The molecule has 1 heterocycles. The third kappa shape index (κ3) is 6.52. The minimum Gasteiger partial charge on any atom is -0.468 e. The van der Waals surface area contributed by atoms with Crippen molar-refractivity contribution in [2.24, 2.45) is 0 Å². The van der Waals surface area contributed by atoms with E-state index in [2.05, 4.69) is 9.72 Å². The second-order valence-electron chi connectivity index (χ2n) is 5.08. The molecule has 2 N–H and O–H groups in total. The van der Waals surface area contributed by atoms with E-state index in [1.807, 2.05) is 0 Å². The summed E-state index contributed by atoms with van der Waals surface area (Å²) in [5, 5.41) is 0.414. The van der Waals surface area contributed by atoms with Gasteiger partial charge in [-0.1, -0.05) is 12.1 Å². The van der Waals surface area contributed by atoms with E-state index in [1.54, 1.807) is 11.1 Å². The fourth-order valence-corrected chi connectivity index (χ4v) is 2.81. The number of thiazole rings is 1. The normalized spacial score (nSPS) is 11.2. The molecule has 0 spiro atoms. The second kappa shape index (κ2) is 9.02. The van der Waals surface area contributed by atoms with Crippen molar-refractivity contribution in [2.45, 2.75) is 19.3 Å². The van der Waals surface area contributed by atoms with Crippen LogP contribution in [0.4, 0.5) is 18.3 Å². The number of aromatic nitrogens is 1. The average Bonchev–Trinajstić information content (AvgIpc) is 2.91. The number of carbonyl (C=O) groups excluding carboxylic acids is 1. The molecule has 0 saturated carbocycles. The lowest BCUT2D eigenvalue weighted by Gasteiger charge is -2.20. The van der Waals surface area contributed by atoms with Gasteiger partial charge in [-0.25, -0.2) is 4.98 Å². The van der Waals surface area contributed by atoms with Gasteiger partial charge in [0.15, 0.2) is 5.13 Å². The Kier molecular flexibility index (Phi) is 7.65. The van der Waals surface area contributed by atoms with E-state index in [1.165, 1.54) is 30.6 Å². The zero-order valence-electron chi connectivity index (χ0n) is 13.2. The molecule has 2 aromatic rings. The highest BCUT2D eigenvalue weighted by Gasteiger charge is 2.30. The van der Waals surface area contributed by atoms with Crippen LogP contribution in [-0.2, 0) is 28.8 Å². The highest BCUT2D eigenvalue weighted by atomic mass is 35.5. The summed E-state index contributed by atoms with van der Waals surface area (Å²) in [6.07, 6.45) is -2.76. The van der Waals surface area contributed by atoms with Crippen LogP contribution in [0.25, 0.3) is 0 Å². The van der Waals surface area contributed by atoms with Gasteiger partial charge < -0.3 is 10.5 Å². The molecule has 0 amide bonds. The zero-order chi connectivity index (χ0) is 17.7. The lowest BCUT2D eigenvalue weighted by molar-refractivity contribution is -0.142. The summed E-state index contributed by atoms with van der Waals surface area (Å²) in [4.78, 5) is 18.1. The molecule has 1 aromatic carbocycles. The van der Waals surface area contributed by atoms with Gasteiger partial charge >= 0.3 is 12.1 Å². The summed E-state index contributed by atoms with van der Waals surface area (Å²) < 4.78 is 42.5. The molecule has 2 rings (SSSR count). The number of hydrogen-bond donors (Lipinski definition) is 1. The number of benzene rings is 1. The van der Waals surface area contributed by atoms with Crippen LogP contribution in [0.2, 0.25) is 0 Å². The first-order chi connectivity index (χ1) is 11.3. The number of methoxy groups -OCH3 is 1. The minimum absolute atomic E-state index is 0. The van der Waals surface area contributed by atoms with Crippen molar-refractivity contribution < 1.29 is 22.7 Å². The molecule has 10 heteroatoms. The summed E-state index contributed by atoms with van der Waals surface area (Å²) in [5.74, 6) is -0.431. The van der Waals surface area contributed by atoms with E-state index >= 15 is 0 Å². The molecule has 0 fully saturated rings. The molecule has 138 valence electrons. The third-order valence-corrected chi connectivity index (χ3v) is 4.03. The molecule has 0 radical (unpaired) electrons. The quantitative estimate of drug-likeness (QED) is 0.760. The van der Waals surface area contributed by atoms with E-state index in [0.29, 0.717) is 23.8 Å². The van der Waals surface area contributed by atoms with Crippen LogP contribution in [0, 0.1) is 0 Å². The number of nitrogens with zero attached hydrogens (tertiary/aromatic N) is 2. The van der Waals surface area contributed by atoms with Crippen LogP contribution < -0.4 is 5.73 Å². The maximum Gasteiger partial charge on any atom is 0.416 e. The van der Waals surface area contributed by atoms with Crippen molar-refractivity contribution in [1.82, 2.24) is 9.88 Å². The molecule has 0 saturated heterocycles. The Morgan fingerprint density at radius 2 is 1.92 bits per heavy atom. The number of halogens is 4. The minimum atomic E-state index is -4.37. The summed E-state index contributed by atoms with van der Waals surface area (Å²) in [5.41, 5.74) is 5.53. The third-order valence-electron chi connectivity index (χ3n) is 3.22. The van der Waals surface area contributed by atoms with Crippen LogP contribution in [0.15, 0.2) is 30.5 Å². The standard InChI is InChI=1S/C15H16F3N3O2S.ClH/c1-23-13(22)9-21(8-12-6-20-14(19)24-12)7-10-2-4-11(5-3-10)15(16,17)18;/h2-6H,7-9H2,1H3,(H2,19,20);1H. The van der Waals surface area contributed by atoms with Crippen molar-refractivity contribution in [1.29, 1.82) is 0 Å². The lowest BCUT2D eigenvalue weighted by atomic mass is 10.1. The number of carbonyl (C=O) groups is 1. The predicted octanol–water partition coefficient (Wildman–Crippen LogP) is 3.34. The van der Waals surface area contributed by atoms with Gasteiger partial charge in [0.1, 0.15) is 0 Å². The molecule has 0 atom stereocenters. The fraction of sp³-hybridized carbons (Fsp3) is 0.333. The maximum absolute atomic E-state index is 12.6. The monoisotopic (exact) mass is 395 g/mol. The van der Waals surface area contributed by atoms with Gasteiger partial charge in [0.25, 0.3) is 0 Å². The molecule has 0 bridgehead atoms. The number of nitrogens with two attached hydrogens (primary N) is 1. The highest BCUT2D eigenvalue weighted by Crippen LogP contribution is 2.29. The Morgan fingerprint density at radius 3 is 2.40 bits per heavy atom. The van der Waals surface area contributed by atoms with Gasteiger partial charge in [0.05, 0.1) is 19.2 Å². The number of esters is 1. The number of hydrogen-bond acceptors (Lipinski definition) is 6. The van der Waals surface area contributed by atoms with Crippen molar-refractivity contribution in [3.63, 3.8) is 0 Å². The maximum atomic E-state index is 12.6. The smallest absolute Gasteiger partial charge is 0.416 e. The highest BCUT2D eigenvalue weighted by molar-refractivity contribution is 7.15. The number of ether oxygens (including phenoxy) is 1. The van der Waals surface area contributed by atoms with Gasteiger partial charge in [-0.05, 0) is 17.7 Å². The molecule has 25 heavy (non-hydrogen) atoms. The molecule has 0 aliphatic rings. The Balaban J connectivity index is 0.00000312. The zero-order valence-corrected chi connectivity index (χ0v) is 14.9. The Bertz CT molecular complexity index is 692. The largest absolute Gasteiger partial charge is 0.468 e. The van der Waals surface area contributed by atoms with E-state index in [-0.39, 0.29) is 19.0 Å². The van der Waals surface area contributed by atoms with Crippen LogP contribution in [0.1, 0.15) is 16.0 Å². The Morgan fingerprint density at radius 1 is 1.28 bits per heavy atom. The molecular formula is C15H17ClF3N3O2S. The molecule has 1 aromatic heterocycles.